The second-order valence-electron chi connectivity index (χ2n) is 4.64. The predicted octanol–water partition coefficient (Wildman–Crippen LogP) is 3.02. The van der Waals surface area contributed by atoms with Gasteiger partial charge >= 0.3 is 6.18 Å². The van der Waals surface area contributed by atoms with Crippen molar-refractivity contribution in [2.24, 2.45) is 11.8 Å². The van der Waals surface area contributed by atoms with Crippen LogP contribution in [0.15, 0.2) is 18.2 Å². The van der Waals surface area contributed by atoms with E-state index in [0.29, 0.717) is 18.6 Å². The summed E-state index contributed by atoms with van der Waals surface area (Å²) in [4.78, 5) is 0. The first-order chi connectivity index (χ1) is 9.31. The van der Waals surface area contributed by atoms with E-state index >= 15 is 0 Å². The van der Waals surface area contributed by atoms with E-state index in [4.69, 9.17) is 10.6 Å². The third kappa shape index (κ3) is 4.16. The van der Waals surface area contributed by atoms with Crippen molar-refractivity contribution >= 4 is 0 Å². The van der Waals surface area contributed by atoms with Crippen molar-refractivity contribution in [1.82, 2.24) is 5.43 Å². The van der Waals surface area contributed by atoms with Crippen molar-refractivity contribution in [3.63, 3.8) is 0 Å². The van der Waals surface area contributed by atoms with E-state index in [0.717, 1.165) is 12.1 Å². The second kappa shape index (κ2) is 7.01. The zero-order chi connectivity index (χ0) is 15.3. The molecule has 0 aliphatic carbocycles. The Morgan fingerprint density at radius 3 is 2.50 bits per heavy atom. The highest BCUT2D eigenvalue weighted by atomic mass is 19.4. The zero-order valence-corrected chi connectivity index (χ0v) is 11.3. The quantitative estimate of drug-likeness (QED) is 0.481. The minimum absolute atomic E-state index is 0.0634. The average molecular weight is 294 g/mol. The number of halogens is 4. The molecule has 114 valence electrons. The van der Waals surface area contributed by atoms with Gasteiger partial charge in [0.25, 0.3) is 0 Å². The van der Waals surface area contributed by atoms with Gasteiger partial charge in [-0.2, -0.15) is 13.2 Å². The Hall–Kier alpha value is -1.18. The number of rotatable bonds is 6. The van der Waals surface area contributed by atoms with E-state index in [1.807, 2.05) is 6.92 Å². The Morgan fingerprint density at radius 1 is 1.35 bits per heavy atom. The summed E-state index contributed by atoms with van der Waals surface area (Å²) >= 11 is 0. The van der Waals surface area contributed by atoms with Crippen molar-refractivity contribution in [3.8, 4) is 0 Å². The van der Waals surface area contributed by atoms with Crippen molar-refractivity contribution in [2.75, 3.05) is 13.7 Å². The van der Waals surface area contributed by atoms with Crippen LogP contribution in [0.3, 0.4) is 0 Å². The van der Waals surface area contributed by atoms with E-state index in [1.54, 1.807) is 0 Å². The first-order valence-corrected chi connectivity index (χ1v) is 6.13. The maximum absolute atomic E-state index is 13.2. The summed E-state index contributed by atoms with van der Waals surface area (Å²) in [5.74, 6) is 4.06. The predicted molar refractivity (Wildman–Crippen MR) is 67.1 cm³/mol. The van der Waals surface area contributed by atoms with Crippen molar-refractivity contribution in [1.29, 1.82) is 0 Å². The first-order valence-electron chi connectivity index (χ1n) is 6.13. The minimum Gasteiger partial charge on any atom is -0.385 e. The molecule has 2 unspecified atom stereocenters. The molecule has 0 heterocycles. The summed E-state index contributed by atoms with van der Waals surface area (Å²) in [6.45, 7) is 2.30. The second-order valence-corrected chi connectivity index (χ2v) is 4.64. The van der Waals surface area contributed by atoms with Crippen LogP contribution < -0.4 is 11.3 Å². The van der Waals surface area contributed by atoms with Gasteiger partial charge in [0.2, 0.25) is 0 Å². The number of alkyl halides is 3. The molecule has 0 bridgehead atoms. The molecule has 7 heteroatoms. The maximum Gasteiger partial charge on any atom is 0.419 e. The molecule has 3 nitrogen and oxygen atoms in total. The Kier molecular flexibility index (Phi) is 5.91. The highest BCUT2D eigenvalue weighted by Gasteiger charge is 2.35. The van der Waals surface area contributed by atoms with Crippen molar-refractivity contribution < 1.29 is 22.3 Å². The van der Waals surface area contributed by atoms with Gasteiger partial charge < -0.3 is 4.74 Å². The highest BCUT2D eigenvalue weighted by Crippen LogP contribution is 2.34. The van der Waals surface area contributed by atoms with E-state index in [1.165, 1.54) is 13.2 Å². The van der Waals surface area contributed by atoms with Crippen molar-refractivity contribution in [2.45, 2.75) is 25.6 Å². The van der Waals surface area contributed by atoms with Gasteiger partial charge in [-0.25, -0.2) is 4.39 Å². The minimum atomic E-state index is -4.73. The standard InChI is InChI=1S/C13H18F4N2O/c1-8(5-6-20-2)12(19-18)9-3-4-11(14)10(7-9)13(15,16)17/h3-4,7-8,12,19H,5-6,18H2,1-2H3. The summed E-state index contributed by atoms with van der Waals surface area (Å²) in [6.07, 6.45) is -4.11. The number of benzene rings is 1. The number of ether oxygens (including phenoxy) is 1. The lowest BCUT2D eigenvalue weighted by Crippen LogP contribution is -2.33. The fourth-order valence-corrected chi connectivity index (χ4v) is 2.01. The van der Waals surface area contributed by atoms with Gasteiger partial charge in [0.15, 0.2) is 0 Å². The molecular weight excluding hydrogens is 276 g/mol. The van der Waals surface area contributed by atoms with Gasteiger partial charge in [-0.1, -0.05) is 13.0 Å². The van der Waals surface area contributed by atoms with Crippen LogP contribution in [0.5, 0.6) is 0 Å². The monoisotopic (exact) mass is 294 g/mol. The summed E-state index contributed by atoms with van der Waals surface area (Å²) < 4.78 is 56.2. The summed E-state index contributed by atoms with van der Waals surface area (Å²) in [7, 11) is 1.54. The fourth-order valence-electron chi connectivity index (χ4n) is 2.01. The van der Waals surface area contributed by atoms with E-state index in [9.17, 15) is 17.6 Å². The molecule has 20 heavy (non-hydrogen) atoms. The molecule has 0 amide bonds. The van der Waals surface area contributed by atoms with E-state index in [-0.39, 0.29) is 5.92 Å². The van der Waals surface area contributed by atoms with Gasteiger partial charge in [-0.3, -0.25) is 11.3 Å². The van der Waals surface area contributed by atoms with Crippen LogP contribution in [0.2, 0.25) is 0 Å². The van der Waals surface area contributed by atoms with Crippen molar-refractivity contribution in [3.05, 3.63) is 35.1 Å². The molecule has 0 fully saturated rings. The number of hydrazine groups is 1. The zero-order valence-electron chi connectivity index (χ0n) is 11.3. The number of hydrogen-bond acceptors (Lipinski definition) is 3. The maximum atomic E-state index is 13.2. The van der Waals surface area contributed by atoms with Crippen LogP contribution in [0.1, 0.15) is 30.5 Å². The molecule has 0 aromatic heterocycles. The highest BCUT2D eigenvalue weighted by molar-refractivity contribution is 5.29. The topological polar surface area (TPSA) is 47.3 Å². The average Bonchev–Trinajstić information content (AvgIpc) is 2.37. The molecule has 1 aromatic carbocycles. The number of nitrogens with two attached hydrogens (primary N) is 1. The Bertz CT molecular complexity index is 437. The van der Waals surface area contributed by atoms with Crippen LogP contribution in [0.25, 0.3) is 0 Å². The summed E-state index contributed by atoms with van der Waals surface area (Å²) in [6, 6.07) is 2.40. The van der Waals surface area contributed by atoms with Gasteiger partial charge in [0, 0.05) is 19.8 Å². The van der Waals surface area contributed by atoms with E-state index in [2.05, 4.69) is 5.43 Å². The van der Waals surface area contributed by atoms with E-state index < -0.39 is 23.6 Å². The van der Waals surface area contributed by atoms with Gasteiger partial charge in [0.05, 0.1) is 5.56 Å². The molecule has 3 N–H and O–H groups in total. The normalized spacial score (nSPS) is 15.2. The smallest absolute Gasteiger partial charge is 0.385 e. The molecule has 0 radical (unpaired) electrons. The molecule has 0 spiro atoms. The largest absolute Gasteiger partial charge is 0.419 e. The van der Waals surface area contributed by atoms with Gasteiger partial charge in [-0.15, -0.1) is 0 Å². The lowest BCUT2D eigenvalue weighted by atomic mass is 9.91. The van der Waals surface area contributed by atoms with Gasteiger partial charge in [0.1, 0.15) is 5.82 Å². The molecule has 0 saturated carbocycles. The SMILES string of the molecule is COCCC(C)C(NN)c1ccc(F)c(C(F)(F)F)c1. The van der Waals surface area contributed by atoms with Crippen LogP contribution >= 0.6 is 0 Å². The van der Waals surface area contributed by atoms with Crippen LogP contribution in [-0.4, -0.2) is 13.7 Å². The van der Waals surface area contributed by atoms with Crippen LogP contribution in [-0.2, 0) is 10.9 Å². The Labute approximate surface area is 115 Å². The lowest BCUT2D eigenvalue weighted by molar-refractivity contribution is -0.140. The molecule has 0 saturated heterocycles. The molecule has 0 aliphatic rings. The fraction of sp³-hybridized carbons (Fsp3) is 0.538. The number of hydrogen-bond donors (Lipinski definition) is 2. The molecule has 0 aliphatic heterocycles. The third-order valence-electron chi connectivity index (χ3n) is 3.18. The first kappa shape index (κ1) is 16.9. The summed E-state index contributed by atoms with van der Waals surface area (Å²) in [5, 5.41) is 0. The van der Waals surface area contributed by atoms with Crippen LogP contribution in [0.4, 0.5) is 17.6 Å². The lowest BCUT2D eigenvalue weighted by Gasteiger charge is -2.24. The third-order valence-corrected chi connectivity index (χ3v) is 3.18. The molecule has 2 atom stereocenters. The Morgan fingerprint density at radius 2 is 2.00 bits per heavy atom. The number of methoxy groups -OCH3 is 1. The molecule has 1 rings (SSSR count). The van der Waals surface area contributed by atoms with Crippen LogP contribution in [0, 0.1) is 11.7 Å². The Balaban J connectivity index is 3.04. The number of nitrogens with one attached hydrogen (secondary N) is 1. The molecular formula is C13H18F4N2O. The summed E-state index contributed by atoms with van der Waals surface area (Å²) in [5.41, 5.74) is 1.49. The molecule has 1 aromatic rings. The van der Waals surface area contributed by atoms with Gasteiger partial charge in [-0.05, 0) is 30.0 Å².